The second-order valence-electron chi connectivity index (χ2n) is 5.28. The SMILES string of the molecule is Clc1nc(OCCN2CCCC2)nc(N2CCCC2)n1. The Labute approximate surface area is 124 Å². The molecule has 0 aliphatic carbocycles. The van der Waals surface area contributed by atoms with Crippen molar-refractivity contribution in [2.45, 2.75) is 25.7 Å². The maximum absolute atomic E-state index is 5.96. The van der Waals surface area contributed by atoms with Crippen molar-refractivity contribution in [3.63, 3.8) is 0 Å². The van der Waals surface area contributed by atoms with Gasteiger partial charge in [0.15, 0.2) is 0 Å². The van der Waals surface area contributed by atoms with Gasteiger partial charge in [-0.2, -0.15) is 15.0 Å². The normalized spacial score (nSPS) is 19.8. The first-order valence-electron chi connectivity index (χ1n) is 7.33. The molecule has 2 aliphatic heterocycles. The van der Waals surface area contributed by atoms with Crippen LogP contribution in [0.1, 0.15) is 25.7 Å². The Hall–Kier alpha value is -1.14. The van der Waals surface area contributed by atoms with E-state index in [0.29, 0.717) is 18.6 Å². The summed E-state index contributed by atoms with van der Waals surface area (Å²) in [5, 5.41) is 0.207. The van der Waals surface area contributed by atoms with Crippen molar-refractivity contribution in [1.82, 2.24) is 19.9 Å². The molecule has 2 fully saturated rings. The maximum atomic E-state index is 5.96. The van der Waals surface area contributed by atoms with E-state index in [0.717, 1.165) is 19.6 Å². The Morgan fingerprint density at radius 1 is 0.950 bits per heavy atom. The average Bonchev–Trinajstić information content (AvgIpc) is 3.11. The molecule has 1 aromatic rings. The fourth-order valence-corrected chi connectivity index (χ4v) is 2.87. The standard InChI is InChI=1S/C13H20ClN5O/c14-11-15-12(19-7-3-4-8-19)17-13(16-11)20-10-9-18-5-1-2-6-18/h1-10H2. The minimum atomic E-state index is 0.207. The van der Waals surface area contributed by atoms with Gasteiger partial charge in [-0.1, -0.05) is 0 Å². The van der Waals surface area contributed by atoms with Crippen molar-refractivity contribution in [3.05, 3.63) is 5.28 Å². The smallest absolute Gasteiger partial charge is 0.322 e. The molecule has 3 heterocycles. The fraction of sp³-hybridized carbons (Fsp3) is 0.769. The Balaban J connectivity index is 1.57. The number of hydrogen-bond donors (Lipinski definition) is 0. The Bertz CT molecular complexity index is 446. The summed E-state index contributed by atoms with van der Waals surface area (Å²) in [4.78, 5) is 17.1. The molecule has 0 aromatic carbocycles. The van der Waals surface area contributed by atoms with E-state index < -0.39 is 0 Å². The molecule has 0 saturated carbocycles. The van der Waals surface area contributed by atoms with Crippen LogP contribution in [-0.2, 0) is 0 Å². The van der Waals surface area contributed by atoms with Crippen LogP contribution in [0.5, 0.6) is 6.01 Å². The van der Waals surface area contributed by atoms with Crippen molar-refractivity contribution < 1.29 is 4.74 Å². The summed E-state index contributed by atoms with van der Waals surface area (Å²) in [6.45, 7) is 5.81. The Kier molecular flexibility index (Phi) is 4.52. The zero-order valence-electron chi connectivity index (χ0n) is 11.6. The fourth-order valence-electron chi connectivity index (χ4n) is 2.72. The molecule has 0 bridgehead atoms. The van der Waals surface area contributed by atoms with E-state index in [2.05, 4.69) is 24.8 Å². The van der Waals surface area contributed by atoms with E-state index in [9.17, 15) is 0 Å². The molecule has 6 nitrogen and oxygen atoms in total. The summed E-state index contributed by atoms with van der Waals surface area (Å²) in [6, 6.07) is 0.339. The summed E-state index contributed by atoms with van der Waals surface area (Å²) in [6.07, 6.45) is 4.93. The molecule has 0 spiro atoms. The molecule has 2 saturated heterocycles. The van der Waals surface area contributed by atoms with Crippen LogP contribution in [0.15, 0.2) is 0 Å². The second-order valence-corrected chi connectivity index (χ2v) is 5.62. The molecule has 0 unspecified atom stereocenters. The second kappa shape index (κ2) is 6.54. The van der Waals surface area contributed by atoms with Gasteiger partial charge in [-0.05, 0) is 50.4 Å². The topological polar surface area (TPSA) is 54.4 Å². The van der Waals surface area contributed by atoms with E-state index in [1.165, 1.54) is 38.8 Å². The van der Waals surface area contributed by atoms with E-state index in [-0.39, 0.29) is 5.28 Å². The third-order valence-electron chi connectivity index (χ3n) is 3.80. The van der Waals surface area contributed by atoms with Gasteiger partial charge in [-0.3, -0.25) is 4.90 Å². The molecular formula is C13H20ClN5O. The van der Waals surface area contributed by atoms with Crippen LogP contribution < -0.4 is 9.64 Å². The molecule has 110 valence electrons. The van der Waals surface area contributed by atoms with Crippen molar-refractivity contribution in [2.75, 3.05) is 44.2 Å². The van der Waals surface area contributed by atoms with Gasteiger partial charge in [0.05, 0.1) is 0 Å². The molecule has 3 rings (SSSR count). The Morgan fingerprint density at radius 2 is 1.65 bits per heavy atom. The van der Waals surface area contributed by atoms with Crippen LogP contribution in [0.3, 0.4) is 0 Å². The lowest BCUT2D eigenvalue weighted by molar-refractivity contribution is 0.225. The molecule has 2 aliphatic rings. The van der Waals surface area contributed by atoms with Gasteiger partial charge in [-0.25, -0.2) is 0 Å². The largest absolute Gasteiger partial charge is 0.462 e. The van der Waals surface area contributed by atoms with Gasteiger partial charge in [0.2, 0.25) is 11.2 Å². The third kappa shape index (κ3) is 3.49. The van der Waals surface area contributed by atoms with E-state index in [4.69, 9.17) is 16.3 Å². The summed E-state index contributed by atoms with van der Waals surface area (Å²) in [5.74, 6) is 0.638. The average molecular weight is 298 g/mol. The highest BCUT2D eigenvalue weighted by atomic mass is 35.5. The van der Waals surface area contributed by atoms with Gasteiger partial charge in [0.1, 0.15) is 6.61 Å². The van der Waals surface area contributed by atoms with Gasteiger partial charge in [0.25, 0.3) is 0 Å². The lowest BCUT2D eigenvalue weighted by Gasteiger charge is -2.16. The first kappa shape index (κ1) is 13.8. The van der Waals surface area contributed by atoms with E-state index >= 15 is 0 Å². The van der Waals surface area contributed by atoms with Crippen LogP contribution in [0.2, 0.25) is 5.28 Å². The number of aromatic nitrogens is 3. The minimum Gasteiger partial charge on any atom is -0.462 e. The summed E-state index contributed by atoms with van der Waals surface area (Å²) in [7, 11) is 0. The summed E-state index contributed by atoms with van der Waals surface area (Å²) < 4.78 is 5.63. The minimum absolute atomic E-state index is 0.207. The van der Waals surface area contributed by atoms with Crippen LogP contribution in [-0.4, -0.2) is 59.2 Å². The molecule has 20 heavy (non-hydrogen) atoms. The van der Waals surface area contributed by atoms with Crippen molar-refractivity contribution in [1.29, 1.82) is 0 Å². The van der Waals surface area contributed by atoms with E-state index in [1.54, 1.807) is 0 Å². The first-order chi connectivity index (χ1) is 9.81. The number of ether oxygens (including phenoxy) is 1. The Morgan fingerprint density at radius 3 is 2.40 bits per heavy atom. The summed E-state index contributed by atoms with van der Waals surface area (Å²) >= 11 is 5.96. The lowest BCUT2D eigenvalue weighted by Crippen LogP contribution is -2.26. The number of anilines is 1. The number of halogens is 1. The summed E-state index contributed by atoms with van der Waals surface area (Å²) in [5.41, 5.74) is 0. The molecule has 0 amide bonds. The third-order valence-corrected chi connectivity index (χ3v) is 3.97. The van der Waals surface area contributed by atoms with Crippen LogP contribution >= 0.6 is 11.6 Å². The van der Waals surface area contributed by atoms with E-state index in [1.807, 2.05) is 0 Å². The maximum Gasteiger partial charge on any atom is 0.322 e. The highest BCUT2D eigenvalue weighted by molar-refractivity contribution is 6.28. The highest BCUT2D eigenvalue weighted by Crippen LogP contribution is 2.19. The number of rotatable bonds is 5. The monoisotopic (exact) mass is 297 g/mol. The van der Waals surface area contributed by atoms with Crippen LogP contribution in [0.25, 0.3) is 0 Å². The zero-order chi connectivity index (χ0) is 13.8. The first-order valence-corrected chi connectivity index (χ1v) is 7.71. The van der Waals surface area contributed by atoms with Crippen molar-refractivity contribution >= 4 is 17.5 Å². The number of nitrogens with zero attached hydrogens (tertiary/aromatic N) is 5. The molecule has 0 atom stereocenters. The highest BCUT2D eigenvalue weighted by Gasteiger charge is 2.17. The number of hydrogen-bond acceptors (Lipinski definition) is 6. The van der Waals surface area contributed by atoms with Crippen molar-refractivity contribution in [3.8, 4) is 6.01 Å². The molecule has 7 heteroatoms. The molecule has 0 radical (unpaired) electrons. The van der Waals surface area contributed by atoms with Gasteiger partial charge in [-0.15, -0.1) is 0 Å². The van der Waals surface area contributed by atoms with Gasteiger partial charge >= 0.3 is 6.01 Å². The molecule has 0 N–H and O–H groups in total. The molecule has 1 aromatic heterocycles. The number of likely N-dealkylation sites (tertiary alicyclic amines) is 1. The predicted octanol–water partition coefficient (Wildman–Crippen LogP) is 1.60. The van der Waals surface area contributed by atoms with Gasteiger partial charge in [0, 0.05) is 19.6 Å². The quantitative estimate of drug-likeness (QED) is 0.823. The van der Waals surface area contributed by atoms with Crippen molar-refractivity contribution in [2.24, 2.45) is 0 Å². The lowest BCUT2D eigenvalue weighted by atomic mass is 10.4. The zero-order valence-corrected chi connectivity index (χ0v) is 12.3. The molecular weight excluding hydrogens is 278 g/mol. The predicted molar refractivity (Wildman–Crippen MR) is 77.5 cm³/mol. The van der Waals surface area contributed by atoms with Crippen LogP contribution in [0, 0.1) is 0 Å². The van der Waals surface area contributed by atoms with Gasteiger partial charge < -0.3 is 9.64 Å². The van der Waals surface area contributed by atoms with Crippen LogP contribution in [0.4, 0.5) is 5.95 Å².